The highest BCUT2D eigenvalue weighted by molar-refractivity contribution is 6.35. The smallest absolute Gasteiger partial charge is 0.259 e. The van der Waals surface area contributed by atoms with Gasteiger partial charge in [0.1, 0.15) is 5.56 Å². The van der Waals surface area contributed by atoms with Gasteiger partial charge in [0.15, 0.2) is 0 Å². The van der Waals surface area contributed by atoms with E-state index in [0.29, 0.717) is 22.5 Å². The summed E-state index contributed by atoms with van der Waals surface area (Å²) < 4.78 is 0. The second-order valence-electron chi connectivity index (χ2n) is 5.71. The van der Waals surface area contributed by atoms with Gasteiger partial charge in [-0.2, -0.15) is 0 Å². The van der Waals surface area contributed by atoms with Gasteiger partial charge in [-0.05, 0) is 24.5 Å². The van der Waals surface area contributed by atoms with Gasteiger partial charge in [0, 0.05) is 18.1 Å². The Morgan fingerprint density at radius 3 is 3.00 bits per heavy atom. The van der Waals surface area contributed by atoms with Crippen molar-refractivity contribution >= 4 is 28.4 Å². The number of nitrogens with one attached hydrogen (secondary N) is 1. The zero-order valence-corrected chi connectivity index (χ0v) is 12.9. The average Bonchev–Trinajstić information content (AvgIpc) is 2.88. The molecule has 1 aliphatic heterocycles. The van der Waals surface area contributed by atoms with E-state index in [4.69, 9.17) is 11.6 Å². The molecule has 2 atom stereocenters. The second kappa shape index (κ2) is 5.74. The summed E-state index contributed by atoms with van der Waals surface area (Å²) in [6.07, 6.45) is 2.24. The van der Waals surface area contributed by atoms with Crippen LogP contribution in [-0.2, 0) is 0 Å². The summed E-state index contributed by atoms with van der Waals surface area (Å²) in [5.74, 6) is -0.116. The van der Waals surface area contributed by atoms with Crippen molar-refractivity contribution < 1.29 is 9.90 Å². The molecule has 1 amide bonds. The van der Waals surface area contributed by atoms with E-state index in [0.717, 1.165) is 6.42 Å². The van der Waals surface area contributed by atoms with Crippen LogP contribution in [0.3, 0.4) is 0 Å². The monoisotopic (exact) mass is 320 g/mol. The fourth-order valence-corrected chi connectivity index (χ4v) is 3.30. The maximum absolute atomic E-state index is 12.7. The molecular formula is C16H17ClN2O3. The number of likely N-dealkylation sites (tertiary alicyclic amines) is 1. The van der Waals surface area contributed by atoms with Gasteiger partial charge in [-0.3, -0.25) is 9.59 Å². The summed E-state index contributed by atoms with van der Waals surface area (Å²) in [6.45, 7) is 2.46. The molecule has 22 heavy (non-hydrogen) atoms. The number of nitrogens with zero attached hydrogens (tertiary/aromatic N) is 1. The van der Waals surface area contributed by atoms with E-state index in [1.54, 1.807) is 23.1 Å². The SMILES string of the molecule is C[C@H]1CCN(C(=O)c2c[nH]c3c(Cl)cccc3c2=O)[C@@H]1CO. The minimum atomic E-state index is -0.341. The molecule has 6 heteroatoms. The van der Waals surface area contributed by atoms with Crippen LogP contribution in [0.2, 0.25) is 5.02 Å². The van der Waals surface area contributed by atoms with Crippen molar-refractivity contribution in [3.8, 4) is 0 Å². The van der Waals surface area contributed by atoms with Gasteiger partial charge in [-0.15, -0.1) is 0 Å². The van der Waals surface area contributed by atoms with Crippen molar-refractivity contribution in [1.29, 1.82) is 0 Å². The lowest BCUT2D eigenvalue weighted by atomic mass is 10.0. The number of fused-ring (bicyclic) bond motifs is 1. The zero-order chi connectivity index (χ0) is 15.9. The molecule has 0 spiro atoms. The first kappa shape index (κ1) is 15.1. The predicted octanol–water partition coefficient (Wildman–Crippen LogP) is 2.02. The summed E-state index contributed by atoms with van der Waals surface area (Å²) in [4.78, 5) is 29.8. The Hall–Kier alpha value is -1.85. The topological polar surface area (TPSA) is 73.4 Å². The molecule has 1 aliphatic rings. The molecule has 116 valence electrons. The molecule has 2 N–H and O–H groups in total. The number of aromatic amines is 1. The quantitative estimate of drug-likeness (QED) is 0.889. The van der Waals surface area contributed by atoms with Crippen molar-refractivity contribution in [1.82, 2.24) is 9.88 Å². The highest BCUT2D eigenvalue weighted by Gasteiger charge is 2.35. The van der Waals surface area contributed by atoms with Gasteiger partial charge in [-0.25, -0.2) is 0 Å². The Bertz CT molecular complexity index is 787. The number of amides is 1. The molecule has 1 aromatic carbocycles. The molecular weight excluding hydrogens is 304 g/mol. The number of hydrogen-bond acceptors (Lipinski definition) is 3. The Morgan fingerprint density at radius 1 is 1.50 bits per heavy atom. The molecule has 0 aliphatic carbocycles. The molecule has 0 saturated carbocycles. The molecule has 1 fully saturated rings. The Labute approximate surface area is 132 Å². The lowest BCUT2D eigenvalue weighted by Gasteiger charge is -2.25. The minimum Gasteiger partial charge on any atom is -0.394 e. The van der Waals surface area contributed by atoms with Crippen LogP contribution in [0.4, 0.5) is 0 Å². The third kappa shape index (κ3) is 2.30. The Kier molecular flexibility index (Phi) is 3.93. The fourth-order valence-electron chi connectivity index (χ4n) is 3.07. The second-order valence-corrected chi connectivity index (χ2v) is 6.12. The van der Waals surface area contributed by atoms with E-state index < -0.39 is 0 Å². The van der Waals surface area contributed by atoms with E-state index in [1.807, 2.05) is 6.92 Å². The van der Waals surface area contributed by atoms with Gasteiger partial charge >= 0.3 is 0 Å². The Morgan fingerprint density at radius 2 is 2.27 bits per heavy atom. The normalized spacial score (nSPS) is 21.5. The number of hydrogen-bond donors (Lipinski definition) is 2. The number of aliphatic hydroxyl groups excluding tert-OH is 1. The maximum atomic E-state index is 12.7. The number of halogens is 1. The molecule has 1 saturated heterocycles. The maximum Gasteiger partial charge on any atom is 0.259 e. The first-order valence-electron chi connectivity index (χ1n) is 7.26. The summed E-state index contributed by atoms with van der Waals surface area (Å²) in [7, 11) is 0. The van der Waals surface area contributed by atoms with Crippen LogP contribution in [0.5, 0.6) is 0 Å². The van der Waals surface area contributed by atoms with E-state index in [1.165, 1.54) is 6.20 Å². The third-order valence-electron chi connectivity index (χ3n) is 4.42. The molecule has 0 unspecified atom stereocenters. The third-order valence-corrected chi connectivity index (χ3v) is 4.74. The van der Waals surface area contributed by atoms with Crippen molar-refractivity contribution in [2.24, 2.45) is 5.92 Å². The van der Waals surface area contributed by atoms with E-state index >= 15 is 0 Å². The standard InChI is InChI=1S/C16H17ClN2O3/c1-9-5-6-19(13(9)8-20)16(22)11-7-18-14-10(15(11)21)3-2-4-12(14)17/h2-4,7,9,13,20H,5-6,8H2,1H3,(H,18,21)/t9-,13+/m0/s1. The summed E-state index contributed by atoms with van der Waals surface area (Å²) in [5.41, 5.74) is 0.277. The van der Waals surface area contributed by atoms with Crippen LogP contribution in [0.15, 0.2) is 29.2 Å². The first-order valence-corrected chi connectivity index (χ1v) is 7.64. The number of rotatable bonds is 2. The number of H-pyrrole nitrogens is 1. The van der Waals surface area contributed by atoms with Crippen molar-refractivity contribution in [2.75, 3.05) is 13.2 Å². The van der Waals surface area contributed by atoms with Crippen molar-refractivity contribution in [3.05, 3.63) is 45.2 Å². The van der Waals surface area contributed by atoms with Crippen LogP contribution in [-0.4, -0.2) is 40.1 Å². The number of aromatic nitrogens is 1. The van der Waals surface area contributed by atoms with Gasteiger partial charge < -0.3 is 15.0 Å². The number of carbonyl (C=O) groups excluding carboxylic acids is 1. The lowest BCUT2D eigenvalue weighted by molar-refractivity contribution is 0.0647. The number of aliphatic hydroxyl groups is 1. The predicted molar refractivity (Wildman–Crippen MR) is 85.3 cm³/mol. The highest BCUT2D eigenvalue weighted by Crippen LogP contribution is 2.25. The minimum absolute atomic E-state index is 0.0855. The molecule has 1 aromatic heterocycles. The van der Waals surface area contributed by atoms with Crippen LogP contribution in [0, 0.1) is 5.92 Å². The largest absolute Gasteiger partial charge is 0.394 e. The van der Waals surface area contributed by atoms with Crippen molar-refractivity contribution in [3.63, 3.8) is 0 Å². The summed E-state index contributed by atoms with van der Waals surface area (Å²) >= 11 is 6.05. The van der Waals surface area contributed by atoms with Crippen LogP contribution in [0.1, 0.15) is 23.7 Å². The van der Waals surface area contributed by atoms with E-state index in [9.17, 15) is 14.7 Å². The van der Waals surface area contributed by atoms with E-state index in [-0.39, 0.29) is 35.5 Å². The van der Waals surface area contributed by atoms with Gasteiger partial charge in [0.25, 0.3) is 5.91 Å². The molecule has 5 nitrogen and oxygen atoms in total. The summed E-state index contributed by atoms with van der Waals surface area (Å²) in [5, 5.41) is 10.3. The Balaban J connectivity index is 2.06. The molecule has 0 radical (unpaired) electrons. The molecule has 2 aromatic rings. The zero-order valence-electron chi connectivity index (χ0n) is 12.2. The molecule has 2 heterocycles. The fraction of sp³-hybridized carbons (Fsp3) is 0.375. The highest BCUT2D eigenvalue weighted by atomic mass is 35.5. The number of para-hydroxylation sites is 1. The van der Waals surface area contributed by atoms with Gasteiger partial charge in [0.05, 0.1) is 23.2 Å². The molecule has 0 bridgehead atoms. The lowest BCUT2D eigenvalue weighted by Crippen LogP contribution is -2.41. The average molecular weight is 321 g/mol. The van der Waals surface area contributed by atoms with Gasteiger partial charge in [0.2, 0.25) is 5.43 Å². The van der Waals surface area contributed by atoms with Crippen LogP contribution < -0.4 is 5.43 Å². The summed E-state index contributed by atoms with van der Waals surface area (Å²) in [6, 6.07) is 4.78. The number of carbonyl (C=O) groups is 1. The number of pyridine rings is 1. The van der Waals surface area contributed by atoms with Gasteiger partial charge in [-0.1, -0.05) is 24.6 Å². The van der Waals surface area contributed by atoms with Crippen LogP contribution >= 0.6 is 11.6 Å². The number of benzene rings is 1. The first-order chi connectivity index (χ1) is 10.5. The van der Waals surface area contributed by atoms with Crippen LogP contribution in [0.25, 0.3) is 10.9 Å². The van der Waals surface area contributed by atoms with E-state index in [2.05, 4.69) is 4.98 Å². The molecule has 3 rings (SSSR count). The van der Waals surface area contributed by atoms with Crippen molar-refractivity contribution in [2.45, 2.75) is 19.4 Å².